The van der Waals surface area contributed by atoms with Crippen molar-refractivity contribution in [1.82, 2.24) is 9.97 Å². The molecule has 3 aromatic rings. The molecule has 0 aliphatic rings. The summed E-state index contributed by atoms with van der Waals surface area (Å²) in [6, 6.07) is 14.1. The fraction of sp³-hybridized carbons (Fsp3) is 0.111. The predicted molar refractivity (Wildman–Crippen MR) is 102 cm³/mol. The summed E-state index contributed by atoms with van der Waals surface area (Å²) in [7, 11) is -3.68. The molecule has 7 nitrogen and oxygen atoms in total. The van der Waals surface area contributed by atoms with Gasteiger partial charge in [-0.25, -0.2) is 22.9 Å². The van der Waals surface area contributed by atoms with Crippen molar-refractivity contribution in [2.24, 2.45) is 5.14 Å². The lowest BCUT2D eigenvalue weighted by Gasteiger charge is -2.09. The van der Waals surface area contributed by atoms with Gasteiger partial charge in [-0.3, -0.25) is 0 Å². The minimum absolute atomic E-state index is 0.0853. The van der Waals surface area contributed by atoms with Gasteiger partial charge in [0.05, 0.1) is 4.90 Å². The SMILES string of the molecule is NS(=O)(=O)c1ccc(CCNc2nccc(Nc3ccc(F)cc3)n2)cc1. The number of rotatable bonds is 7. The first-order valence-electron chi connectivity index (χ1n) is 8.11. The first kappa shape index (κ1) is 18.7. The van der Waals surface area contributed by atoms with Gasteiger partial charge in [0, 0.05) is 18.4 Å². The van der Waals surface area contributed by atoms with Crippen molar-refractivity contribution in [2.45, 2.75) is 11.3 Å². The number of nitrogens with one attached hydrogen (secondary N) is 2. The lowest BCUT2D eigenvalue weighted by atomic mass is 10.1. The number of benzene rings is 2. The lowest BCUT2D eigenvalue weighted by Crippen LogP contribution is -2.12. The van der Waals surface area contributed by atoms with Crippen LogP contribution in [0.2, 0.25) is 0 Å². The van der Waals surface area contributed by atoms with E-state index in [1.54, 1.807) is 36.5 Å². The quantitative estimate of drug-likeness (QED) is 0.575. The summed E-state index contributed by atoms with van der Waals surface area (Å²) in [5, 5.41) is 11.3. The van der Waals surface area contributed by atoms with Gasteiger partial charge in [-0.2, -0.15) is 4.98 Å². The Labute approximate surface area is 156 Å². The largest absolute Gasteiger partial charge is 0.354 e. The second-order valence-electron chi connectivity index (χ2n) is 5.76. The van der Waals surface area contributed by atoms with Crippen molar-refractivity contribution < 1.29 is 12.8 Å². The van der Waals surface area contributed by atoms with Gasteiger partial charge in [0.2, 0.25) is 16.0 Å². The molecule has 0 saturated carbocycles. The Morgan fingerprint density at radius 2 is 1.70 bits per heavy atom. The number of hydrogen-bond donors (Lipinski definition) is 3. The molecule has 140 valence electrons. The molecule has 0 radical (unpaired) electrons. The van der Waals surface area contributed by atoms with Crippen molar-refractivity contribution in [3.05, 3.63) is 72.2 Å². The Morgan fingerprint density at radius 3 is 2.37 bits per heavy atom. The van der Waals surface area contributed by atoms with E-state index >= 15 is 0 Å². The van der Waals surface area contributed by atoms with E-state index < -0.39 is 10.0 Å². The molecule has 3 rings (SSSR count). The first-order valence-corrected chi connectivity index (χ1v) is 9.66. The van der Waals surface area contributed by atoms with Gasteiger partial charge in [0.1, 0.15) is 11.6 Å². The summed E-state index contributed by atoms with van der Waals surface area (Å²) in [5.41, 5.74) is 1.67. The van der Waals surface area contributed by atoms with Crippen LogP contribution in [0.4, 0.5) is 21.8 Å². The molecule has 0 unspecified atom stereocenters. The molecule has 0 fully saturated rings. The Kier molecular flexibility index (Phi) is 5.63. The minimum atomic E-state index is -3.68. The lowest BCUT2D eigenvalue weighted by molar-refractivity contribution is 0.597. The number of sulfonamides is 1. The van der Waals surface area contributed by atoms with Crippen LogP contribution in [-0.2, 0) is 16.4 Å². The van der Waals surface area contributed by atoms with Crippen LogP contribution in [-0.4, -0.2) is 24.9 Å². The van der Waals surface area contributed by atoms with Gasteiger partial charge in [0.25, 0.3) is 0 Å². The summed E-state index contributed by atoms with van der Waals surface area (Å²) in [4.78, 5) is 8.59. The number of nitrogens with zero attached hydrogens (tertiary/aromatic N) is 2. The molecule has 0 saturated heterocycles. The average Bonchev–Trinajstić information content (AvgIpc) is 2.64. The van der Waals surface area contributed by atoms with Crippen molar-refractivity contribution in [1.29, 1.82) is 0 Å². The van der Waals surface area contributed by atoms with E-state index in [0.717, 1.165) is 11.3 Å². The van der Waals surface area contributed by atoms with Gasteiger partial charge in [0.15, 0.2) is 0 Å². The Balaban J connectivity index is 1.56. The summed E-state index contributed by atoms with van der Waals surface area (Å²) >= 11 is 0. The molecule has 4 N–H and O–H groups in total. The normalized spacial score (nSPS) is 11.2. The third-order valence-corrected chi connectivity index (χ3v) is 4.65. The molecule has 0 aliphatic heterocycles. The Bertz CT molecular complexity index is 1010. The zero-order chi connectivity index (χ0) is 19.3. The van der Waals surface area contributed by atoms with E-state index in [1.807, 2.05) is 0 Å². The molecule has 0 amide bonds. The molecule has 0 aliphatic carbocycles. The summed E-state index contributed by atoms with van der Waals surface area (Å²) in [6.07, 6.45) is 2.27. The van der Waals surface area contributed by atoms with Crippen LogP contribution in [0.15, 0.2) is 65.7 Å². The smallest absolute Gasteiger partial charge is 0.238 e. The molecular weight excluding hydrogens is 369 g/mol. The number of aromatic nitrogens is 2. The number of nitrogens with two attached hydrogens (primary N) is 1. The molecule has 2 aromatic carbocycles. The fourth-order valence-electron chi connectivity index (χ4n) is 2.36. The van der Waals surface area contributed by atoms with E-state index in [9.17, 15) is 12.8 Å². The van der Waals surface area contributed by atoms with Crippen LogP contribution in [0.1, 0.15) is 5.56 Å². The Hall–Kier alpha value is -3.04. The van der Waals surface area contributed by atoms with E-state index in [2.05, 4.69) is 20.6 Å². The molecule has 0 atom stereocenters. The van der Waals surface area contributed by atoms with Crippen LogP contribution < -0.4 is 15.8 Å². The van der Waals surface area contributed by atoms with Gasteiger partial charge in [-0.15, -0.1) is 0 Å². The van der Waals surface area contributed by atoms with Crippen LogP contribution in [0, 0.1) is 5.82 Å². The molecule has 9 heteroatoms. The molecule has 27 heavy (non-hydrogen) atoms. The maximum absolute atomic E-state index is 12.9. The van der Waals surface area contributed by atoms with E-state index in [1.165, 1.54) is 24.3 Å². The molecule has 1 aromatic heterocycles. The van der Waals surface area contributed by atoms with E-state index in [0.29, 0.717) is 24.7 Å². The monoisotopic (exact) mass is 387 g/mol. The van der Waals surface area contributed by atoms with Crippen LogP contribution in [0.5, 0.6) is 0 Å². The zero-order valence-electron chi connectivity index (χ0n) is 14.3. The molecule has 1 heterocycles. The minimum Gasteiger partial charge on any atom is -0.354 e. The van der Waals surface area contributed by atoms with Gasteiger partial charge in [-0.05, 0) is 54.4 Å². The number of hydrogen-bond acceptors (Lipinski definition) is 6. The summed E-state index contributed by atoms with van der Waals surface area (Å²) < 4.78 is 35.4. The maximum atomic E-state index is 12.9. The van der Waals surface area contributed by atoms with Crippen LogP contribution in [0.3, 0.4) is 0 Å². The number of primary sulfonamides is 1. The Morgan fingerprint density at radius 1 is 1.00 bits per heavy atom. The first-order chi connectivity index (χ1) is 12.9. The van der Waals surface area contributed by atoms with Gasteiger partial charge in [-0.1, -0.05) is 12.1 Å². The second-order valence-corrected chi connectivity index (χ2v) is 7.32. The van der Waals surface area contributed by atoms with Crippen LogP contribution in [0.25, 0.3) is 0 Å². The highest BCUT2D eigenvalue weighted by atomic mass is 32.2. The van der Waals surface area contributed by atoms with E-state index in [4.69, 9.17) is 5.14 Å². The fourth-order valence-corrected chi connectivity index (χ4v) is 2.87. The zero-order valence-corrected chi connectivity index (χ0v) is 15.1. The highest BCUT2D eigenvalue weighted by Crippen LogP contribution is 2.15. The van der Waals surface area contributed by atoms with Crippen molar-refractivity contribution in [3.8, 4) is 0 Å². The molecule has 0 bridgehead atoms. The molecule has 0 spiro atoms. The average molecular weight is 387 g/mol. The standard InChI is InChI=1S/C18H18FN5O2S/c19-14-3-5-15(6-4-14)23-17-10-12-22-18(24-17)21-11-9-13-1-7-16(8-2-13)27(20,25)26/h1-8,10,12H,9,11H2,(H2,20,25,26)(H2,21,22,23,24). The highest BCUT2D eigenvalue weighted by Gasteiger charge is 2.06. The number of anilines is 3. The van der Waals surface area contributed by atoms with E-state index in [-0.39, 0.29) is 10.7 Å². The van der Waals surface area contributed by atoms with Gasteiger partial charge < -0.3 is 10.6 Å². The van der Waals surface area contributed by atoms with Gasteiger partial charge >= 0.3 is 0 Å². The highest BCUT2D eigenvalue weighted by molar-refractivity contribution is 7.89. The summed E-state index contributed by atoms with van der Waals surface area (Å²) in [5.74, 6) is 0.725. The summed E-state index contributed by atoms with van der Waals surface area (Å²) in [6.45, 7) is 0.564. The van der Waals surface area contributed by atoms with Crippen molar-refractivity contribution >= 4 is 27.5 Å². The molecular formula is C18H18FN5O2S. The third kappa shape index (κ3) is 5.47. The number of halogens is 1. The maximum Gasteiger partial charge on any atom is 0.238 e. The third-order valence-electron chi connectivity index (χ3n) is 3.72. The van der Waals surface area contributed by atoms with Crippen molar-refractivity contribution in [3.63, 3.8) is 0 Å². The van der Waals surface area contributed by atoms with Crippen LogP contribution >= 0.6 is 0 Å². The predicted octanol–water partition coefficient (Wildman–Crippen LogP) is 2.66. The van der Waals surface area contributed by atoms with Crippen molar-refractivity contribution in [2.75, 3.05) is 17.2 Å². The second kappa shape index (κ2) is 8.11. The topological polar surface area (TPSA) is 110 Å².